The van der Waals surface area contributed by atoms with Gasteiger partial charge < -0.3 is 14.6 Å². The summed E-state index contributed by atoms with van der Waals surface area (Å²) in [7, 11) is 0. The molecule has 0 radical (unpaired) electrons. The molecule has 1 heterocycles. The normalized spacial score (nSPS) is 12.5. The SMILES string of the molecule is CC(=O)Nc1cccc(C(=O)OC(C)c2nc(C(C)(C)C)no2)c1. The number of carbonyl (C=O) groups is 2. The van der Waals surface area contributed by atoms with Crippen LogP contribution in [0, 0.1) is 0 Å². The molecule has 128 valence electrons. The monoisotopic (exact) mass is 331 g/mol. The number of amides is 1. The van der Waals surface area contributed by atoms with Crippen molar-refractivity contribution in [2.45, 2.75) is 46.1 Å². The standard InChI is InChI=1S/C17H21N3O4/c1-10(14-19-16(20-24-14)17(3,4)5)23-15(22)12-7-6-8-13(9-12)18-11(2)21/h6-10H,1-5H3,(H,18,21). The van der Waals surface area contributed by atoms with Crippen LogP contribution in [0.5, 0.6) is 0 Å². The lowest BCUT2D eigenvalue weighted by atomic mass is 9.96. The van der Waals surface area contributed by atoms with Gasteiger partial charge in [-0.2, -0.15) is 4.98 Å². The highest BCUT2D eigenvalue weighted by Crippen LogP contribution is 2.23. The van der Waals surface area contributed by atoms with E-state index in [0.717, 1.165) is 0 Å². The summed E-state index contributed by atoms with van der Waals surface area (Å²) in [6.07, 6.45) is -0.675. The number of anilines is 1. The second-order valence-corrected chi connectivity index (χ2v) is 6.52. The lowest BCUT2D eigenvalue weighted by molar-refractivity contribution is -0.114. The molecule has 0 aliphatic heterocycles. The Morgan fingerprint density at radius 3 is 2.58 bits per heavy atom. The van der Waals surface area contributed by atoms with Crippen LogP contribution in [0.15, 0.2) is 28.8 Å². The minimum Gasteiger partial charge on any atom is -0.449 e. The molecule has 0 saturated heterocycles. The number of nitrogens with zero attached hydrogens (tertiary/aromatic N) is 2. The van der Waals surface area contributed by atoms with Crippen LogP contribution in [0.1, 0.15) is 62.8 Å². The van der Waals surface area contributed by atoms with Gasteiger partial charge in [-0.25, -0.2) is 4.79 Å². The molecule has 0 bridgehead atoms. The molecule has 7 nitrogen and oxygen atoms in total. The summed E-state index contributed by atoms with van der Waals surface area (Å²) in [4.78, 5) is 27.6. The predicted octanol–water partition coefficient (Wildman–Crippen LogP) is 3.24. The van der Waals surface area contributed by atoms with Crippen molar-refractivity contribution in [1.29, 1.82) is 0 Å². The van der Waals surface area contributed by atoms with Crippen LogP contribution in [-0.2, 0) is 14.9 Å². The molecular formula is C17H21N3O4. The Morgan fingerprint density at radius 1 is 1.29 bits per heavy atom. The molecule has 1 amide bonds. The summed E-state index contributed by atoms with van der Waals surface area (Å²) in [5.41, 5.74) is 0.596. The molecule has 0 spiro atoms. The van der Waals surface area contributed by atoms with Crippen molar-refractivity contribution in [3.63, 3.8) is 0 Å². The predicted molar refractivity (Wildman–Crippen MR) is 87.6 cm³/mol. The number of ether oxygens (including phenoxy) is 1. The largest absolute Gasteiger partial charge is 0.449 e. The maximum atomic E-state index is 12.2. The molecule has 1 unspecified atom stereocenters. The zero-order valence-corrected chi connectivity index (χ0v) is 14.4. The van der Waals surface area contributed by atoms with Gasteiger partial charge in [-0.15, -0.1) is 0 Å². The van der Waals surface area contributed by atoms with E-state index in [2.05, 4.69) is 15.5 Å². The van der Waals surface area contributed by atoms with Crippen LogP contribution in [0.25, 0.3) is 0 Å². The third-order valence-electron chi connectivity index (χ3n) is 3.16. The summed E-state index contributed by atoms with van der Waals surface area (Å²) in [5, 5.41) is 6.53. The average Bonchev–Trinajstić information content (AvgIpc) is 2.96. The van der Waals surface area contributed by atoms with E-state index >= 15 is 0 Å². The Kier molecular flexibility index (Phi) is 5.02. The van der Waals surface area contributed by atoms with Crippen LogP contribution >= 0.6 is 0 Å². The summed E-state index contributed by atoms with van der Waals surface area (Å²) >= 11 is 0. The second kappa shape index (κ2) is 6.82. The van der Waals surface area contributed by atoms with Crippen LogP contribution in [0.4, 0.5) is 5.69 Å². The molecule has 7 heteroatoms. The molecule has 1 atom stereocenters. The molecular weight excluding hydrogens is 310 g/mol. The highest BCUT2D eigenvalue weighted by molar-refractivity contribution is 5.93. The first-order valence-corrected chi connectivity index (χ1v) is 7.59. The highest BCUT2D eigenvalue weighted by atomic mass is 16.6. The van der Waals surface area contributed by atoms with E-state index in [0.29, 0.717) is 17.1 Å². The number of benzene rings is 1. The molecule has 0 aliphatic rings. The average molecular weight is 331 g/mol. The van der Waals surface area contributed by atoms with Gasteiger partial charge in [0.2, 0.25) is 5.91 Å². The molecule has 2 rings (SSSR count). The Hall–Kier alpha value is -2.70. The van der Waals surface area contributed by atoms with Gasteiger partial charge in [0, 0.05) is 18.0 Å². The van der Waals surface area contributed by atoms with Gasteiger partial charge in [-0.05, 0) is 25.1 Å². The van der Waals surface area contributed by atoms with E-state index in [9.17, 15) is 9.59 Å². The van der Waals surface area contributed by atoms with E-state index in [4.69, 9.17) is 9.26 Å². The van der Waals surface area contributed by atoms with Crippen molar-refractivity contribution in [3.05, 3.63) is 41.5 Å². The van der Waals surface area contributed by atoms with Crippen LogP contribution in [0.2, 0.25) is 0 Å². The fourth-order valence-electron chi connectivity index (χ4n) is 1.91. The molecule has 0 saturated carbocycles. The topological polar surface area (TPSA) is 94.3 Å². The zero-order chi connectivity index (χ0) is 17.9. The number of hydrogen-bond acceptors (Lipinski definition) is 6. The third kappa shape index (κ3) is 4.41. The smallest absolute Gasteiger partial charge is 0.338 e. The van der Waals surface area contributed by atoms with Gasteiger partial charge in [0.05, 0.1) is 5.56 Å². The van der Waals surface area contributed by atoms with Crippen molar-refractivity contribution >= 4 is 17.6 Å². The first-order valence-electron chi connectivity index (χ1n) is 7.59. The maximum absolute atomic E-state index is 12.2. The molecule has 1 N–H and O–H groups in total. The summed E-state index contributed by atoms with van der Waals surface area (Å²) in [6, 6.07) is 6.51. The Morgan fingerprint density at radius 2 is 2.00 bits per heavy atom. The molecule has 1 aromatic carbocycles. The number of esters is 1. The molecule has 0 fully saturated rings. The minimum atomic E-state index is -0.675. The molecule has 1 aromatic heterocycles. The van der Waals surface area contributed by atoms with E-state index in [1.54, 1.807) is 31.2 Å². The van der Waals surface area contributed by atoms with E-state index in [-0.39, 0.29) is 17.2 Å². The highest BCUT2D eigenvalue weighted by Gasteiger charge is 2.25. The lowest BCUT2D eigenvalue weighted by Gasteiger charge is -2.12. The van der Waals surface area contributed by atoms with Gasteiger partial charge in [0.25, 0.3) is 5.89 Å². The van der Waals surface area contributed by atoms with Crippen molar-refractivity contribution in [2.75, 3.05) is 5.32 Å². The van der Waals surface area contributed by atoms with Gasteiger partial charge in [-0.3, -0.25) is 4.79 Å². The summed E-state index contributed by atoms with van der Waals surface area (Å²) in [5.74, 6) is 0.0408. The van der Waals surface area contributed by atoms with Gasteiger partial charge >= 0.3 is 5.97 Å². The van der Waals surface area contributed by atoms with Crippen molar-refractivity contribution in [1.82, 2.24) is 10.1 Å². The minimum absolute atomic E-state index is 0.213. The number of aromatic nitrogens is 2. The first kappa shape index (κ1) is 17.7. The van der Waals surface area contributed by atoms with Gasteiger partial charge in [0.1, 0.15) is 0 Å². The molecule has 24 heavy (non-hydrogen) atoms. The number of rotatable bonds is 4. The fourth-order valence-corrected chi connectivity index (χ4v) is 1.91. The Labute approximate surface area is 140 Å². The van der Waals surface area contributed by atoms with Crippen LogP contribution in [0.3, 0.4) is 0 Å². The van der Waals surface area contributed by atoms with Crippen molar-refractivity contribution in [2.24, 2.45) is 0 Å². The van der Waals surface area contributed by atoms with Gasteiger partial charge in [-0.1, -0.05) is 32.0 Å². The number of carbonyl (C=O) groups excluding carboxylic acids is 2. The van der Waals surface area contributed by atoms with E-state index < -0.39 is 12.1 Å². The third-order valence-corrected chi connectivity index (χ3v) is 3.16. The van der Waals surface area contributed by atoms with Crippen molar-refractivity contribution in [3.8, 4) is 0 Å². The molecule has 2 aromatic rings. The number of nitrogens with one attached hydrogen (secondary N) is 1. The van der Waals surface area contributed by atoms with Crippen LogP contribution < -0.4 is 5.32 Å². The second-order valence-electron chi connectivity index (χ2n) is 6.52. The quantitative estimate of drug-likeness (QED) is 0.864. The van der Waals surface area contributed by atoms with Gasteiger partial charge in [0.15, 0.2) is 11.9 Å². The van der Waals surface area contributed by atoms with E-state index in [1.165, 1.54) is 6.92 Å². The fraction of sp³-hybridized carbons (Fsp3) is 0.412. The zero-order valence-electron chi connectivity index (χ0n) is 14.4. The van der Waals surface area contributed by atoms with Crippen LogP contribution in [-0.4, -0.2) is 22.0 Å². The lowest BCUT2D eigenvalue weighted by Crippen LogP contribution is -2.14. The number of hydrogen-bond donors (Lipinski definition) is 1. The first-order chi connectivity index (χ1) is 11.2. The Bertz CT molecular complexity index is 746. The summed E-state index contributed by atoms with van der Waals surface area (Å²) in [6.45, 7) is 8.95. The summed E-state index contributed by atoms with van der Waals surface area (Å²) < 4.78 is 10.5. The molecule has 0 aliphatic carbocycles. The Balaban J connectivity index is 2.09. The van der Waals surface area contributed by atoms with E-state index in [1.807, 2.05) is 20.8 Å². The van der Waals surface area contributed by atoms with Crippen molar-refractivity contribution < 1.29 is 18.8 Å². The maximum Gasteiger partial charge on any atom is 0.338 e.